The molecule has 0 amide bonds. The van der Waals surface area contributed by atoms with Crippen molar-refractivity contribution in [3.8, 4) is 0 Å². The molecule has 3 saturated heterocycles. The summed E-state index contributed by atoms with van der Waals surface area (Å²) in [6, 6.07) is 10.7. The number of ether oxygens (including phenoxy) is 1. The topological polar surface area (TPSA) is 49.8 Å². The number of rotatable bonds is 3. The van der Waals surface area contributed by atoms with Crippen LogP contribution in [0.4, 0.5) is 0 Å². The zero-order valence-corrected chi connectivity index (χ0v) is 18.0. The highest BCUT2D eigenvalue weighted by molar-refractivity contribution is 5.89. The van der Waals surface area contributed by atoms with E-state index in [9.17, 15) is 9.90 Å². The molecule has 3 heterocycles. The first kappa shape index (κ1) is 17.9. The fourth-order valence-electron chi connectivity index (χ4n) is 11.3. The summed E-state index contributed by atoms with van der Waals surface area (Å²) < 4.78 is 6.03. The smallest absolute Gasteiger partial charge is 0.338 e. The fraction of sp³-hybridized carbons (Fsp3) is 0.667. The van der Waals surface area contributed by atoms with Gasteiger partial charge in [-0.3, -0.25) is 4.90 Å². The number of fused-ring (bicyclic) bond motifs is 1. The van der Waals surface area contributed by atoms with Crippen LogP contribution in [0.15, 0.2) is 42.5 Å². The highest BCUT2D eigenvalue weighted by Gasteiger charge is 2.88. The van der Waals surface area contributed by atoms with Crippen LogP contribution in [-0.2, 0) is 4.74 Å². The van der Waals surface area contributed by atoms with Crippen molar-refractivity contribution in [2.45, 2.75) is 56.7 Å². The van der Waals surface area contributed by atoms with Crippen LogP contribution in [0.2, 0.25) is 0 Å². The minimum Gasteiger partial charge on any atom is -0.461 e. The predicted octanol–water partition coefficient (Wildman–Crippen LogP) is 3.66. The summed E-state index contributed by atoms with van der Waals surface area (Å²) in [7, 11) is 0. The maximum atomic E-state index is 12.8. The molecule has 162 valence electrons. The number of nitrogens with zero attached hydrogens (tertiary/aromatic N) is 1. The van der Waals surface area contributed by atoms with E-state index in [2.05, 4.69) is 11.5 Å². The lowest BCUT2D eigenvalue weighted by Gasteiger charge is -2.64. The van der Waals surface area contributed by atoms with E-state index in [0.29, 0.717) is 47.4 Å². The van der Waals surface area contributed by atoms with Gasteiger partial charge in [0.2, 0.25) is 0 Å². The van der Waals surface area contributed by atoms with E-state index in [1.165, 1.54) is 24.8 Å². The molecule has 6 aliphatic carbocycles. The molecule has 2 spiro atoms. The molecule has 3 aliphatic heterocycles. The van der Waals surface area contributed by atoms with E-state index >= 15 is 0 Å². The van der Waals surface area contributed by atoms with E-state index in [1.807, 2.05) is 30.3 Å². The van der Waals surface area contributed by atoms with Gasteiger partial charge < -0.3 is 9.84 Å². The molecule has 0 radical (unpaired) electrons. The summed E-state index contributed by atoms with van der Waals surface area (Å²) in [6.07, 6.45) is 7.01. The summed E-state index contributed by atoms with van der Waals surface area (Å²) in [5.41, 5.74) is 2.62. The van der Waals surface area contributed by atoms with Crippen molar-refractivity contribution in [3.05, 3.63) is 48.0 Å². The molecule has 31 heavy (non-hydrogen) atoms. The quantitative estimate of drug-likeness (QED) is 0.602. The first-order valence-corrected chi connectivity index (χ1v) is 12.4. The molecule has 4 heteroatoms. The Morgan fingerprint density at radius 3 is 2.90 bits per heavy atom. The summed E-state index contributed by atoms with van der Waals surface area (Å²) in [6.45, 7) is 6.06. The van der Waals surface area contributed by atoms with Crippen LogP contribution in [0.25, 0.3) is 0 Å². The average Bonchev–Trinajstić information content (AvgIpc) is 3.22. The molecular weight excluding hydrogens is 386 g/mol. The van der Waals surface area contributed by atoms with E-state index in [-0.39, 0.29) is 22.9 Å². The van der Waals surface area contributed by atoms with Crippen molar-refractivity contribution in [1.82, 2.24) is 4.90 Å². The van der Waals surface area contributed by atoms with Crippen molar-refractivity contribution in [3.63, 3.8) is 0 Å². The van der Waals surface area contributed by atoms with E-state index < -0.39 is 0 Å². The van der Waals surface area contributed by atoms with Crippen molar-refractivity contribution >= 4 is 5.97 Å². The van der Waals surface area contributed by atoms with Crippen LogP contribution in [-0.4, -0.2) is 47.3 Å². The van der Waals surface area contributed by atoms with Crippen molar-refractivity contribution in [2.24, 2.45) is 39.9 Å². The largest absolute Gasteiger partial charge is 0.461 e. The van der Waals surface area contributed by atoms with Crippen LogP contribution in [0.1, 0.15) is 48.9 Å². The third-order valence-electron chi connectivity index (χ3n) is 11.5. The number of aliphatic hydroxyl groups is 1. The van der Waals surface area contributed by atoms with Gasteiger partial charge in [0, 0.05) is 30.0 Å². The van der Waals surface area contributed by atoms with Crippen LogP contribution in [0.5, 0.6) is 0 Å². The van der Waals surface area contributed by atoms with E-state index in [0.717, 1.165) is 31.7 Å². The summed E-state index contributed by atoms with van der Waals surface area (Å²) in [4.78, 5) is 15.6. The number of hydrogen-bond donors (Lipinski definition) is 1. The number of piperidine rings is 2. The lowest BCUT2D eigenvalue weighted by Crippen LogP contribution is -2.64. The third kappa shape index (κ3) is 1.71. The van der Waals surface area contributed by atoms with Crippen LogP contribution >= 0.6 is 0 Å². The Kier molecular flexibility index (Phi) is 3.04. The van der Waals surface area contributed by atoms with E-state index in [4.69, 9.17) is 4.74 Å². The molecular formula is C27H31NO3. The molecule has 1 N–H and O–H groups in total. The van der Waals surface area contributed by atoms with E-state index in [1.54, 1.807) is 0 Å². The lowest BCUT2D eigenvalue weighted by atomic mass is 9.40. The standard InChI is InChI=1S/C27H31NO3/c1-15-11-26-12-19-21-25(14-31-24(30)16-6-3-2-4-7-16)8-5-9-27(21)22(26)20(29)17(15)10-18(26)23(27)28(19)13-25/h2-4,6-7,17-23,29H,1,5,8-14H2/t17-,18+,19?,20+,21+,22?,23-,25+,26+,27+/m1/s1. The SMILES string of the molecule is C=C1C[C@@]23CC4[C@H]5[C@@]6(COC(=O)c7ccccc7)CCC[C@@]57C2[C@@H](O)[C@@H]1C[C@H]3[C@H]7N4C6. The zero-order chi connectivity index (χ0) is 20.8. The predicted molar refractivity (Wildman–Crippen MR) is 115 cm³/mol. The molecule has 9 aliphatic rings. The van der Waals surface area contributed by atoms with Gasteiger partial charge >= 0.3 is 5.97 Å². The fourth-order valence-corrected chi connectivity index (χ4v) is 11.3. The van der Waals surface area contributed by atoms with Crippen LogP contribution in [0.3, 0.4) is 0 Å². The molecule has 1 aromatic carbocycles. The van der Waals surface area contributed by atoms with Gasteiger partial charge in [-0.05, 0) is 72.8 Å². The van der Waals surface area contributed by atoms with Crippen molar-refractivity contribution in [1.29, 1.82) is 0 Å². The molecule has 3 unspecified atom stereocenters. The highest BCUT2D eigenvalue weighted by atomic mass is 16.5. The first-order chi connectivity index (χ1) is 15.0. The maximum Gasteiger partial charge on any atom is 0.338 e. The molecule has 9 fully saturated rings. The zero-order valence-electron chi connectivity index (χ0n) is 18.0. The molecule has 0 aromatic heterocycles. The van der Waals surface area contributed by atoms with Gasteiger partial charge in [-0.2, -0.15) is 0 Å². The maximum absolute atomic E-state index is 12.8. The minimum atomic E-state index is -0.202. The summed E-state index contributed by atoms with van der Waals surface area (Å²) in [5, 5.41) is 11.6. The Labute approximate surface area is 183 Å². The van der Waals surface area contributed by atoms with Gasteiger partial charge in [0.1, 0.15) is 0 Å². The first-order valence-electron chi connectivity index (χ1n) is 12.4. The van der Waals surface area contributed by atoms with Gasteiger partial charge in [0.05, 0.1) is 18.3 Å². The number of esters is 1. The van der Waals surface area contributed by atoms with Gasteiger partial charge in [-0.25, -0.2) is 4.79 Å². The highest BCUT2D eigenvalue weighted by Crippen LogP contribution is 2.87. The molecule has 9 bridgehead atoms. The number of carbonyl (C=O) groups excluding carboxylic acids is 1. The van der Waals surface area contributed by atoms with Gasteiger partial charge in [0.15, 0.2) is 0 Å². The summed E-state index contributed by atoms with van der Waals surface area (Å²) >= 11 is 0. The third-order valence-corrected chi connectivity index (χ3v) is 11.5. The molecule has 1 aromatic rings. The Bertz CT molecular complexity index is 1020. The Hall–Kier alpha value is -1.65. The van der Waals surface area contributed by atoms with Crippen molar-refractivity contribution in [2.75, 3.05) is 13.2 Å². The van der Waals surface area contributed by atoms with Gasteiger partial charge in [-0.1, -0.05) is 36.8 Å². The molecule has 4 nitrogen and oxygen atoms in total. The monoisotopic (exact) mass is 417 g/mol. The Morgan fingerprint density at radius 1 is 1.23 bits per heavy atom. The molecule has 11 atom stereocenters. The second kappa shape index (κ2) is 5.28. The molecule has 6 saturated carbocycles. The van der Waals surface area contributed by atoms with Crippen LogP contribution < -0.4 is 0 Å². The van der Waals surface area contributed by atoms with Gasteiger partial charge in [-0.15, -0.1) is 0 Å². The lowest BCUT2D eigenvalue weighted by molar-refractivity contribution is -0.180. The minimum absolute atomic E-state index is 0.0823. The Balaban J connectivity index is 1.18. The number of carbonyl (C=O) groups is 1. The van der Waals surface area contributed by atoms with Gasteiger partial charge in [0.25, 0.3) is 0 Å². The second-order valence-corrected chi connectivity index (χ2v) is 12.1. The number of benzene rings is 1. The van der Waals surface area contributed by atoms with Crippen molar-refractivity contribution < 1.29 is 14.6 Å². The average molecular weight is 418 g/mol. The number of hydrogen-bond acceptors (Lipinski definition) is 4. The Morgan fingerprint density at radius 2 is 2.06 bits per heavy atom. The summed E-state index contributed by atoms with van der Waals surface area (Å²) in [5.74, 6) is 1.91. The van der Waals surface area contributed by atoms with Crippen LogP contribution in [0, 0.1) is 39.9 Å². The number of aliphatic hydroxyl groups excluding tert-OH is 1. The normalized spacial score (nSPS) is 56.4. The second-order valence-electron chi connectivity index (χ2n) is 12.1. The molecule has 10 rings (SSSR count).